The van der Waals surface area contributed by atoms with Crippen LogP contribution >= 0.6 is 11.3 Å². The number of hydrogen-bond donors (Lipinski definition) is 1. The molecule has 17 heavy (non-hydrogen) atoms. The summed E-state index contributed by atoms with van der Waals surface area (Å²) in [7, 11) is 0. The van der Waals surface area contributed by atoms with Gasteiger partial charge in [-0.25, -0.2) is 4.98 Å². The Morgan fingerprint density at radius 3 is 3.18 bits per heavy atom. The zero-order valence-electron chi connectivity index (χ0n) is 9.58. The number of carbonyl (C=O) groups is 1. The molecule has 1 aromatic rings. The number of thiazole rings is 1. The fraction of sp³-hybridized carbons (Fsp3) is 0.667. The number of aliphatic carboxylic acids is 1. The molecule has 0 radical (unpaired) electrons. The summed E-state index contributed by atoms with van der Waals surface area (Å²) in [4.78, 5) is 17.8. The van der Waals surface area contributed by atoms with Gasteiger partial charge in [-0.15, -0.1) is 11.3 Å². The maximum Gasteiger partial charge on any atom is 0.321 e. The first kappa shape index (κ1) is 11.2. The minimum Gasteiger partial charge on any atom is -0.480 e. The molecule has 1 aliphatic carbocycles. The third-order valence-corrected chi connectivity index (χ3v) is 4.72. The first-order chi connectivity index (χ1) is 8.25. The van der Waals surface area contributed by atoms with E-state index in [0.29, 0.717) is 18.4 Å². The standard InChI is InChI=1S/C12H16N2O2S/c15-12(16)11-10-3-1-2-8(10)4-14(11)5-9-6-17-7-13-9/h6-8,10-11H,1-5H2,(H,15,16). The average Bonchev–Trinajstić information content (AvgIpc) is 2.92. The van der Waals surface area contributed by atoms with Crippen LogP contribution in [0.5, 0.6) is 0 Å². The van der Waals surface area contributed by atoms with Gasteiger partial charge in [0.1, 0.15) is 6.04 Å². The minimum absolute atomic E-state index is 0.288. The smallest absolute Gasteiger partial charge is 0.321 e. The van der Waals surface area contributed by atoms with E-state index in [4.69, 9.17) is 0 Å². The molecule has 0 aromatic carbocycles. The molecule has 1 saturated heterocycles. The van der Waals surface area contributed by atoms with Crippen molar-refractivity contribution in [1.29, 1.82) is 0 Å². The lowest BCUT2D eigenvalue weighted by atomic mass is 9.94. The molecule has 0 spiro atoms. The largest absolute Gasteiger partial charge is 0.480 e. The fourth-order valence-electron chi connectivity index (χ4n) is 3.42. The third-order valence-electron chi connectivity index (χ3n) is 4.09. The molecule has 0 bridgehead atoms. The molecule has 3 atom stereocenters. The van der Waals surface area contributed by atoms with Crippen molar-refractivity contribution in [2.45, 2.75) is 31.8 Å². The van der Waals surface area contributed by atoms with Crippen molar-refractivity contribution in [1.82, 2.24) is 9.88 Å². The van der Waals surface area contributed by atoms with Crippen LogP contribution in [0.15, 0.2) is 10.9 Å². The summed E-state index contributed by atoms with van der Waals surface area (Å²) in [6.07, 6.45) is 3.47. The van der Waals surface area contributed by atoms with Gasteiger partial charge in [-0.05, 0) is 24.7 Å². The van der Waals surface area contributed by atoms with Crippen LogP contribution < -0.4 is 0 Å². The van der Waals surface area contributed by atoms with Crippen LogP contribution in [0.4, 0.5) is 0 Å². The molecule has 0 amide bonds. The van der Waals surface area contributed by atoms with Crippen molar-refractivity contribution in [3.63, 3.8) is 0 Å². The molecule has 3 rings (SSSR count). The van der Waals surface area contributed by atoms with E-state index in [1.807, 2.05) is 10.9 Å². The summed E-state index contributed by atoms with van der Waals surface area (Å²) >= 11 is 1.57. The number of likely N-dealkylation sites (tertiary alicyclic amines) is 1. The normalized spacial score (nSPS) is 32.8. The molecule has 92 valence electrons. The molecule has 5 heteroatoms. The van der Waals surface area contributed by atoms with Crippen molar-refractivity contribution in [3.8, 4) is 0 Å². The fourth-order valence-corrected chi connectivity index (χ4v) is 3.97. The minimum atomic E-state index is -0.658. The van der Waals surface area contributed by atoms with Gasteiger partial charge in [-0.1, -0.05) is 6.42 Å². The number of fused-ring (bicyclic) bond motifs is 1. The predicted octanol–water partition coefficient (Wildman–Crippen LogP) is 1.83. The van der Waals surface area contributed by atoms with E-state index < -0.39 is 5.97 Å². The summed E-state index contributed by atoms with van der Waals surface area (Å²) in [5.74, 6) is 0.301. The molecule has 2 aliphatic rings. The highest BCUT2D eigenvalue weighted by Crippen LogP contribution is 2.42. The number of carboxylic acid groups (broad SMARTS) is 1. The number of aromatic nitrogens is 1. The van der Waals surface area contributed by atoms with Crippen LogP contribution in [0, 0.1) is 11.8 Å². The molecular formula is C12H16N2O2S. The third kappa shape index (κ3) is 1.98. The summed E-state index contributed by atoms with van der Waals surface area (Å²) in [5, 5.41) is 11.4. The zero-order valence-corrected chi connectivity index (χ0v) is 10.4. The molecule has 1 aliphatic heterocycles. The molecule has 1 N–H and O–H groups in total. The SMILES string of the molecule is O=C(O)C1C2CCCC2CN1Cc1cscn1. The number of rotatable bonds is 3. The van der Waals surface area contributed by atoms with Crippen LogP contribution in [0.2, 0.25) is 0 Å². The van der Waals surface area contributed by atoms with Gasteiger partial charge >= 0.3 is 5.97 Å². The molecule has 2 fully saturated rings. The Balaban J connectivity index is 1.77. The Kier molecular flexibility index (Phi) is 2.88. The van der Waals surface area contributed by atoms with Crippen LogP contribution in [0.25, 0.3) is 0 Å². The van der Waals surface area contributed by atoms with Crippen LogP contribution in [-0.4, -0.2) is 33.5 Å². The van der Waals surface area contributed by atoms with E-state index in [1.54, 1.807) is 11.3 Å². The Hall–Kier alpha value is -0.940. The van der Waals surface area contributed by atoms with E-state index in [-0.39, 0.29) is 6.04 Å². The van der Waals surface area contributed by atoms with Crippen molar-refractivity contribution < 1.29 is 9.90 Å². The second-order valence-electron chi connectivity index (χ2n) is 5.05. The Labute approximate surface area is 104 Å². The van der Waals surface area contributed by atoms with E-state index in [1.165, 1.54) is 12.8 Å². The van der Waals surface area contributed by atoms with Gasteiger partial charge in [0.2, 0.25) is 0 Å². The van der Waals surface area contributed by atoms with E-state index in [0.717, 1.165) is 18.7 Å². The van der Waals surface area contributed by atoms with Crippen molar-refractivity contribution >= 4 is 17.3 Å². The number of hydrogen-bond acceptors (Lipinski definition) is 4. The highest BCUT2D eigenvalue weighted by molar-refractivity contribution is 7.07. The summed E-state index contributed by atoms with van der Waals surface area (Å²) in [6, 6.07) is -0.288. The van der Waals surface area contributed by atoms with Gasteiger partial charge in [-0.3, -0.25) is 9.69 Å². The quantitative estimate of drug-likeness (QED) is 0.891. The molecule has 3 unspecified atom stereocenters. The lowest BCUT2D eigenvalue weighted by Gasteiger charge is -2.23. The van der Waals surface area contributed by atoms with Gasteiger partial charge in [0.15, 0.2) is 0 Å². The van der Waals surface area contributed by atoms with Crippen LogP contribution in [0.3, 0.4) is 0 Å². The average molecular weight is 252 g/mol. The highest BCUT2D eigenvalue weighted by atomic mass is 32.1. The summed E-state index contributed by atoms with van der Waals surface area (Å²) in [6.45, 7) is 1.62. The summed E-state index contributed by atoms with van der Waals surface area (Å²) < 4.78 is 0. The molecule has 1 saturated carbocycles. The van der Waals surface area contributed by atoms with Gasteiger partial charge in [0, 0.05) is 18.5 Å². The monoisotopic (exact) mass is 252 g/mol. The maximum atomic E-state index is 11.4. The number of carboxylic acids is 1. The van der Waals surface area contributed by atoms with Crippen molar-refractivity contribution in [3.05, 3.63) is 16.6 Å². The summed E-state index contributed by atoms with van der Waals surface area (Å²) in [5.41, 5.74) is 2.81. The predicted molar refractivity (Wildman–Crippen MR) is 64.8 cm³/mol. The first-order valence-electron chi connectivity index (χ1n) is 6.09. The van der Waals surface area contributed by atoms with Crippen LogP contribution in [-0.2, 0) is 11.3 Å². The van der Waals surface area contributed by atoms with Gasteiger partial charge < -0.3 is 5.11 Å². The second kappa shape index (κ2) is 4.38. The van der Waals surface area contributed by atoms with Crippen molar-refractivity contribution in [2.75, 3.05) is 6.54 Å². The van der Waals surface area contributed by atoms with Gasteiger partial charge in [-0.2, -0.15) is 0 Å². The van der Waals surface area contributed by atoms with E-state index >= 15 is 0 Å². The molecule has 1 aromatic heterocycles. The van der Waals surface area contributed by atoms with E-state index in [9.17, 15) is 9.90 Å². The number of nitrogens with zero attached hydrogens (tertiary/aromatic N) is 2. The molecular weight excluding hydrogens is 236 g/mol. The van der Waals surface area contributed by atoms with Crippen molar-refractivity contribution in [2.24, 2.45) is 11.8 Å². The van der Waals surface area contributed by atoms with Gasteiger partial charge in [0.25, 0.3) is 0 Å². The first-order valence-corrected chi connectivity index (χ1v) is 7.04. The van der Waals surface area contributed by atoms with E-state index in [2.05, 4.69) is 9.88 Å². The Morgan fingerprint density at radius 1 is 1.59 bits per heavy atom. The van der Waals surface area contributed by atoms with Crippen LogP contribution in [0.1, 0.15) is 25.0 Å². The van der Waals surface area contributed by atoms with Gasteiger partial charge in [0.05, 0.1) is 11.2 Å². The molecule has 2 heterocycles. The second-order valence-corrected chi connectivity index (χ2v) is 5.77. The molecule has 4 nitrogen and oxygen atoms in total. The zero-order chi connectivity index (χ0) is 11.8. The Morgan fingerprint density at radius 2 is 2.47 bits per heavy atom. The lowest BCUT2D eigenvalue weighted by molar-refractivity contribution is -0.143. The lowest BCUT2D eigenvalue weighted by Crippen LogP contribution is -2.39. The topological polar surface area (TPSA) is 53.4 Å². The Bertz CT molecular complexity index is 407. The maximum absolute atomic E-state index is 11.4. The highest BCUT2D eigenvalue weighted by Gasteiger charge is 2.47.